The van der Waals surface area contributed by atoms with E-state index in [2.05, 4.69) is 20.4 Å². The van der Waals surface area contributed by atoms with Gasteiger partial charge in [-0.05, 0) is 43.5 Å². The summed E-state index contributed by atoms with van der Waals surface area (Å²) in [6.45, 7) is 4.46. The minimum absolute atomic E-state index is 0.0270. The second kappa shape index (κ2) is 7.51. The van der Waals surface area contributed by atoms with Gasteiger partial charge in [0.25, 0.3) is 5.78 Å². The molecule has 136 valence electrons. The summed E-state index contributed by atoms with van der Waals surface area (Å²) in [6.07, 6.45) is 2.54. The number of hydrogen-bond acceptors (Lipinski definition) is 5. The van der Waals surface area contributed by atoms with Crippen molar-refractivity contribution in [2.45, 2.75) is 33.2 Å². The normalized spacial score (nSPS) is 10.9. The van der Waals surface area contributed by atoms with Gasteiger partial charge in [-0.2, -0.15) is 10.1 Å². The van der Waals surface area contributed by atoms with Crippen molar-refractivity contribution in [3.63, 3.8) is 0 Å². The van der Waals surface area contributed by atoms with Gasteiger partial charge in [0.15, 0.2) is 0 Å². The van der Waals surface area contributed by atoms with Gasteiger partial charge in [0.1, 0.15) is 6.33 Å². The molecule has 0 atom stereocenters. The number of anilines is 1. The lowest BCUT2D eigenvalue weighted by atomic mass is 10.1. The number of fused-ring (bicyclic) bond motifs is 1. The van der Waals surface area contributed by atoms with Crippen molar-refractivity contribution in [3.05, 3.63) is 53.1 Å². The summed E-state index contributed by atoms with van der Waals surface area (Å²) in [5, 5.41) is 7.16. The number of nitrogens with zero attached hydrogens (tertiary/aromatic N) is 5. The van der Waals surface area contributed by atoms with Crippen LogP contribution in [0.3, 0.4) is 0 Å². The number of aromatic nitrogens is 4. The van der Waals surface area contributed by atoms with Gasteiger partial charge in [-0.15, -0.1) is 0 Å². The van der Waals surface area contributed by atoms with Crippen LogP contribution in [0.15, 0.2) is 30.6 Å². The van der Waals surface area contributed by atoms with Crippen LogP contribution in [0.1, 0.15) is 28.9 Å². The average Bonchev–Trinajstić information content (AvgIpc) is 3.08. The first-order chi connectivity index (χ1) is 12.5. The summed E-state index contributed by atoms with van der Waals surface area (Å²) in [5.41, 5.74) is 5.16. The molecule has 1 N–H and O–H groups in total. The molecule has 0 aliphatic carbocycles. The highest BCUT2D eigenvalue weighted by Crippen LogP contribution is 2.15. The lowest BCUT2D eigenvalue weighted by molar-refractivity contribution is -0.121. The van der Waals surface area contributed by atoms with Crippen LogP contribution in [0.5, 0.6) is 0 Å². The molecule has 7 heteroatoms. The van der Waals surface area contributed by atoms with Gasteiger partial charge >= 0.3 is 0 Å². The Morgan fingerprint density at radius 1 is 1.19 bits per heavy atom. The number of aryl methyl sites for hydroxylation is 2. The number of benzene rings is 1. The van der Waals surface area contributed by atoms with Crippen molar-refractivity contribution in [3.8, 4) is 0 Å². The predicted octanol–water partition coefficient (Wildman–Crippen LogP) is 2.06. The van der Waals surface area contributed by atoms with E-state index in [1.165, 1.54) is 6.33 Å². The molecule has 0 bridgehead atoms. The van der Waals surface area contributed by atoms with E-state index in [1.54, 1.807) is 4.52 Å². The van der Waals surface area contributed by atoms with E-state index in [4.69, 9.17) is 0 Å². The molecule has 1 aromatic carbocycles. The maximum atomic E-state index is 12.2. The van der Waals surface area contributed by atoms with E-state index < -0.39 is 0 Å². The van der Waals surface area contributed by atoms with Gasteiger partial charge in [0.2, 0.25) is 5.91 Å². The Balaban J connectivity index is 1.57. The summed E-state index contributed by atoms with van der Waals surface area (Å²) in [7, 11) is 4.01. The van der Waals surface area contributed by atoms with Crippen LogP contribution >= 0.6 is 0 Å². The molecule has 0 saturated heterocycles. The zero-order chi connectivity index (χ0) is 18.7. The number of rotatable bonds is 6. The quantitative estimate of drug-likeness (QED) is 0.735. The second-order valence-electron chi connectivity index (χ2n) is 6.57. The molecule has 26 heavy (non-hydrogen) atoms. The summed E-state index contributed by atoms with van der Waals surface area (Å²) in [5.74, 6) is 0.619. The van der Waals surface area contributed by atoms with Crippen molar-refractivity contribution in [1.29, 1.82) is 0 Å². The Kier molecular flexibility index (Phi) is 5.16. The lowest BCUT2D eigenvalue weighted by Crippen LogP contribution is -2.23. The SMILES string of the molecule is Cc1nc2ncnn2c(C)c1CCC(=O)NCc1ccc(N(C)C)cc1. The monoisotopic (exact) mass is 352 g/mol. The molecule has 2 aromatic heterocycles. The van der Waals surface area contributed by atoms with Crippen molar-refractivity contribution in [2.24, 2.45) is 0 Å². The summed E-state index contributed by atoms with van der Waals surface area (Å²) < 4.78 is 1.71. The first-order valence-corrected chi connectivity index (χ1v) is 8.64. The zero-order valence-corrected chi connectivity index (χ0v) is 15.7. The summed E-state index contributed by atoms with van der Waals surface area (Å²) >= 11 is 0. The Hall–Kier alpha value is -2.96. The number of carbonyl (C=O) groups excluding carboxylic acids is 1. The van der Waals surface area contributed by atoms with E-state index in [1.807, 2.05) is 57.1 Å². The summed E-state index contributed by atoms with van der Waals surface area (Å²) in [6, 6.07) is 8.17. The van der Waals surface area contributed by atoms with E-state index >= 15 is 0 Å². The lowest BCUT2D eigenvalue weighted by Gasteiger charge is -2.13. The molecule has 7 nitrogen and oxygen atoms in total. The highest BCUT2D eigenvalue weighted by atomic mass is 16.1. The fourth-order valence-electron chi connectivity index (χ4n) is 2.96. The molecular weight excluding hydrogens is 328 g/mol. The standard InChI is InChI=1S/C19H24N6O/c1-13-17(14(2)25-19(23-13)21-12-22-25)9-10-18(26)20-11-15-5-7-16(8-6-15)24(3)4/h5-8,12H,9-11H2,1-4H3,(H,20,26). The number of nitrogens with one attached hydrogen (secondary N) is 1. The molecular formula is C19H24N6O. The van der Waals surface area contributed by atoms with E-state index in [-0.39, 0.29) is 5.91 Å². The Morgan fingerprint density at radius 3 is 2.62 bits per heavy atom. The maximum absolute atomic E-state index is 12.2. The third-order valence-electron chi connectivity index (χ3n) is 4.53. The van der Waals surface area contributed by atoms with E-state index in [9.17, 15) is 4.79 Å². The average molecular weight is 352 g/mol. The van der Waals surface area contributed by atoms with E-state index in [0.717, 1.165) is 28.2 Å². The molecule has 0 unspecified atom stereocenters. The van der Waals surface area contributed by atoms with Crippen LogP contribution in [0.4, 0.5) is 5.69 Å². The molecule has 0 radical (unpaired) electrons. The smallest absolute Gasteiger partial charge is 0.252 e. The number of amides is 1. The topological polar surface area (TPSA) is 75.4 Å². The molecule has 0 spiro atoms. The van der Waals surface area contributed by atoms with Crippen molar-refractivity contribution in [2.75, 3.05) is 19.0 Å². The fourth-order valence-corrected chi connectivity index (χ4v) is 2.96. The first-order valence-electron chi connectivity index (χ1n) is 8.64. The Bertz CT molecular complexity index is 914. The Morgan fingerprint density at radius 2 is 1.92 bits per heavy atom. The highest BCUT2D eigenvalue weighted by Gasteiger charge is 2.12. The van der Waals surface area contributed by atoms with Crippen LogP contribution in [0.25, 0.3) is 5.78 Å². The van der Waals surface area contributed by atoms with Gasteiger partial charge in [-0.1, -0.05) is 12.1 Å². The summed E-state index contributed by atoms with van der Waals surface area (Å²) in [4.78, 5) is 22.8. The van der Waals surface area contributed by atoms with Crippen molar-refractivity contribution in [1.82, 2.24) is 24.9 Å². The number of hydrogen-bond donors (Lipinski definition) is 1. The molecule has 3 aromatic rings. The Labute approximate surface area is 153 Å². The van der Waals surface area contributed by atoms with Crippen molar-refractivity contribution >= 4 is 17.4 Å². The highest BCUT2D eigenvalue weighted by molar-refractivity contribution is 5.76. The third kappa shape index (κ3) is 3.82. The predicted molar refractivity (Wildman–Crippen MR) is 101 cm³/mol. The molecule has 0 fully saturated rings. The number of carbonyl (C=O) groups is 1. The van der Waals surface area contributed by atoms with Gasteiger partial charge < -0.3 is 10.2 Å². The van der Waals surface area contributed by atoms with Crippen LogP contribution in [0.2, 0.25) is 0 Å². The van der Waals surface area contributed by atoms with Gasteiger partial charge in [-0.25, -0.2) is 9.50 Å². The van der Waals surface area contributed by atoms with Gasteiger partial charge in [-0.3, -0.25) is 4.79 Å². The van der Waals surface area contributed by atoms with Gasteiger partial charge in [0, 0.05) is 44.1 Å². The molecule has 0 aliphatic heterocycles. The van der Waals surface area contributed by atoms with Crippen LogP contribution in [0, 0.1) is 13.8 Å². The molecule has 2 heterocycles. The molecule has 1 amide bonds. The first kappa shape index (κ1) is 17.8. The minimum atomic E-state index is 0.0270. The minimum Gasteiger partial charge on any atom is -0.378 e. The third-order valence-corrected chi connectivity index (χ3v) is 4.53. The fraction of sp³-hybridized carbons (Fsp3) is 0.368. The molecule has 3 rings (SSSR count). The largest absolute Gasteiger partial charge is 0.378 e. The molecule has 0 aliphatic rings. The maximum Gasteiger partial charge on any atom is 0.252 e. The second-order valence-corrected chi connectivity index (χ2v) is 6.57. The van der Waals surface area contributed by atoms with E-state index in [0.29, 0.717) is 25.2 Å². The zero-order valence-electron chi connectivity index (χ0n) is 15.7. The van der Waals surface area contributed by atoms with Crippen LogP contribution in [-0.4, -0.2) is 39.6 Å². The molecule has 0 saturated carbocycles. The van der Waals surface area contributed by atoms with Gasteiger partial charge in [0.05, 0.1) is 0 Å². The van der Waals surface area contributed by atoms with Crippen LogP contribution < -0.4 is 10.2 Å². The van der Waals surface area contributed by atoms with Crippen LogP contribution in [-0.2, 0) is 17.8 Å². The van der Waals surface area contributed by atoms with Crippen molar-refractivity contribution < 1.29 is 4.79 Å².